The van der Waals surface area contributed by atoms with Crippen LogP contribution in [0.2, 0.25) is 0 Å². The van der Waals surface area contributed by atoms with E-state index in [1.165, 1.54) is 0 Å². The summed E-state index contributed by atoms with van der Waals surface area (Å²) in [6.07, 6.45) is 0. The van der Waals surface area contributed by atoms with Crippen molar-refractivity contribution in [3.05, 3.63) is 71.1 Å². The number of ether oxygens (including phenoxy) is 1. The Morgan fingerprint density at radius 3 is 2.61 bits per heavy atom. The van der Waals surface area contributed by atoms with Gasteiger partial charge in [-0.3, -0.25) is 0 Å². The summed E-state index contributed by atoms with van der Waals surface area (Å²) in [5, 5.41) is 2.64. The summed E-state index contributed by atoms with van der Waals surface area (Å²) < 4.78 is 10.6. The lowest BCUT2D eigenvalue weighted by Gasteiger charge is -2.05. The lowest BCUT2D eigenvalue weighted by Crippen LogP contribution is -2.03. The SMILES string of the molecule is COc1ccc2c(=O)oc(-c3ccc4ccccc4c3)nc2c1. The average Bonchev–Trinajstić information content (AvgIpc) is 2.60. The van der Waals surface area contributed by atoms with Gasteiger partial charge in [-0.05, 0) is 35.0 Å². The van der Waals surface area contributed by atoms with Crippen LogP contribution in [0.25, 0.3) is 33.1 Å². The second-order valence-electron chi connectivity index (χ2n) is 5.25. The van der Waals surface area contributed by atoms with E-state index in [1.54, 1.807) is 25.3 Å². The van der Waals surface area contributed by atoms with Gasteiger partial charge in [-0.15, -0.1) is 0 Å². The Kier molecular flexibility index (Phi) is 3.08. The summed E-state index contributed by atoms with van der Waals surface area (Å²) >= 11 is 0. The zero-order valence-corrected chi connectivity index (χ0v) is 12.4. The molecule has 0 saturated carbocycles. The number of rotatable bonds is 2. The molecule has 0 spiro atoms. The number of hydrogen-bond donors (Lipinski definition) is 0. The molecule has 0 unspecified atom stereocenters. The molecule has 0 saturated heterocycles. The van der Waals surface area contributed by atoms with Gasteiger partial charge in [0.2, 0.25) is 5.89 Å². The lowest BCUT2D eigenvalue weighted by atomic mass is 10.1. The molecule has 0 N–H and O–H groups in total. The summed E-state index contributed by atoms with van der Waals surface area (Å²) in [6.45, 7) is 0. The Hall–Kier alpha value is -3.14. The van der Waals surface area contributed by atoms with E-state index < -0.39 is 5.63 Å². The standard InChI is InChI=1S/C19H13NO3/c1-22-15-8-9-16-17(11-15)20-18(23-19(16)21)14-7-6-12-4-2-3-5-13(12)10-14/h2-11H,1H3. The van der Waals surface area contributed by atoms with Crippen LogP contribution in [0.15, 0.2) is 69.9 Å². The van der Waals surface area contributed by atoms with Crippen molar-refractivity contribution in [1.82, 2.24) is 4.98 Å². The predicted octanol–water partition coefficient (Wildman–Crippen LogP) is 4.02. The lowest BCUT2D eigenvalue weighted by molar-refractivity contribution is 0.415. The van der Waals surface area contributed by atoms with E-state index in [1.807, 2.05) is 42.5 Å². The molecule has 4 nitrogen and oxygen atoms in total. The van der Waals surface area contributed by atoms with Crippen LogP contribution in [0.3, 0.4) is 0 Å². The maximum absolute atomic E-state index is 12.2. The van der Waals surface area contributed by atoms with Crippen molar-refractivity contribution in [2.75, 3.05) is 7.11 Å². The molecule has 0 atom stereocenters. The van der Waals surface area contributed by atoms with Crippen LogP contribution in [0.1, 0.15) is 0 Å². The van der Waals surface area contributed by atoms with Crippen molar-refractivity contribution in [2.45, 2.75) is 0 Å². The molecule has 0 amide bonds. The van der Waals surface area contributed by atoms with Gasteiger partial charge in [0.25, 0.3) is 0 Å². The molecule has 1 aromatic heterocycles. The smallest absolute Gasteiger partial charge is 0.347 e. The first-order chi connectivity index (χ1) is 11.2. The van der Waals surface area contributed by atoms with Crippen molar-refractivity contribution in [1.29, 1.82) is 0 Å². The third-order valence-corrected chi connectivity index (χ3v) is 3.83. The Balaban J connectivity index is 1.94. The number of benzene rings is 3. The van der Waals surface area contributed by atoms with E-state index in [9.17, 15) is 4.79 Å². The molecule has 3 aromatic carbocycles. The summed E-state index contributed by atoms with van der Waals surface area (Å²) in [7, 11) is 1.58. The molecule has 4 rings (SSSR count). The first-order valence-electron chi connectivity index (χ1n) is 7.23. The normalized spacial score (nSPS) is 11.0. The Morgan fingerprint density at radius 2 is 1.78 bits per heavy atom. The highest BCUT2D eigenvalue weighted by Crippen LogP contribution is 2.24. The van der Waals surface area contributed by atoms with Gasteiger partial charge in [0.05, 0.1) is 18.0 Å². The van der Waals surface area contributed by atoms with Crippen molar-refractivity contribution >= 4 is 21.7 Å². The van der Waals surface area contributed by atoms with E-state index >= 15 is 0 Å². The quantitative estimate of drug-likeness (QED) is 0.561. The second-order valence-corrected chi connectivity index (χ2v) is 5.25. The molecule has 0 aliphatic heterocycles. The average molecular weight is 303 g/mol. The van der Waals surface area contributed by atoms with Crippen LogP contribution in [0.4, 0.5) is 0 Å². The summed E-state index contributed by atoms with van der Waals surface area (Å²) in [5.74, 6) is 0.960. The molecule has 1 heterocycles. The molecular weight excluding hydrogens is 290 g/mol. The molecule has 23 heavy (non-hydrogen) atoms. The Bertz CT molecular complexity index is 1080. The van der Waals surface area contributed by atoms with Crippen LogP contribution < -0.4 is 10.4 Å². The highest BCUT2D eigenvalue weighted by atomic mass is 16.5. The maximum atomic E-state index is 12.2. The van der Waals surface area contributed by atoms with Crippen molar-refractivity contribution in [3.8, 4) is 17.2 Å². The molecule has 4 heteroatoms. The van der Waals surface area contributed by atoms with Crippen molar-refractivity contribution < 1.29 is 9.15 Å². The number of nitrogens with zero attached hydrogens (tertiary/aromatic N) is 1. The zero-order chi connectivity index (χ0) is 15.8. The highest BCUT2D eigenvalue weighted by Gasteiger charge is 2.10. The molecule has 0 fully saturated rings. The van der Waals surface area contributed by atoms with Gasteiger partial charge >= 0.3 is 5.63 Å². The molecule has 0 aliphatic rings. The van der Waals surface area contributed by atoms with Crippen molar-refractivity contribution in [3.63, 3.8) is 0 Å². The molecule has 0 radical (unpaired) electrons. The summed E-state index contributed by atoms with van der Waals surface area (Å²) in [6, 6.07) is 19.0. The Labute approximate surface area is 132 Å². The fraction of sp³-hybridized carbons (Fsp3) is 0.0526. The number of fused-ring (bicyclic) bond motifs is 2. The van der Waals surface area contributed by atoms with Gasteiger partial charge < -0.3 is 9.15 Å². The van der Waals surface area contributed by atoms with Gasteiger partial charge in [0, 0.05) is 11.6 Å². The largest absolute Gasteiger partial charge is 0.497 e. The van der Waals surface area contributed by atoms with Gasteiger partial charge in [-0.1, -0.05) is 30.3 Å². The minimum atomic E-state index is -0.402. The Morgan fingerprint density at radius 1 is 0.957 bits per heavy atom. The van der Waals surface area contributed by atoms with Crippen molar-refractivity contribution in [2.24, 2.45) is 0 Å². The van der Waals surface area contributed by atoms with Crippen LogP contribution >= 0.6 is 0 Å². The van der Waals surface area contributed by atoms with Crippen LogP contribution in [-0.4, -0.2) is 12.1 Å². The van der Waals surface area contributed by atoms with Crippen LogP contribution in [-0.2, 0) is 0 Å². The van der Waals surface area contributed by atoms with E-state index in [0.29, 0.717) is 22.5 Å². The van der Waals surface area contributed by atoms with E-state index in [2.05, 4.69) is 4.98 Å². The first-order valence-corrected chi connectivity index (χ1v) is 7.23. The number of methoxy groups -OCH3 is 1. The maximum Gasteiger partial charge on any atom is 0.347 e. The van der Waals surface area contributed by atoms with Gasteiger partial charge in [-0.25, -0.2) is 9.78 Å². The van der Waals surface area contributed by atoms with E-state index in [0.717, 1.165) is 16.3 Å². The fourth-order valence-corrected chi connectivity index (χ4v) is 2.62. The third kappa shape index (κ3) is 2.34. The molecule has 0 bridgehead atoms. The first kappa shape index (κ1) is 13.5. The fourth-order valence-electron chi connectivity index (χ4n) is 2.62. The zero-order valence-electron chi connectivity index (χ0n) is 12.4. The van der Waals surface area contributed by atoms with Gasteiger partial charge in [-0.2, -0.15) is 0 Å². The number of aromatic nitrogens is 1. The van der Waals surface area contributed by atoms with Gasteiger partial charge in [0.15, 0.2) is 0 Å². The minimum absolute atomic E-state index is 0.307. The van der Waals surface area contributed by atoms with Gasteiger partial charge in [0.1, 0.15) is 5.75 Å². The molecule has 4 aromatic rings. The summed E-state index contributed by atoms with van der Waals surface area (Å²) in [4.78, 5) is 16.7. The molecule has 0 aliphatic carbocycles. The van der Waals surface area contributed by atoms with E-state index in [4.69, 9.17) is 9.15 Å². The third-order valence-electron chi connectivity index (χ3n) is 3.83. The molecular formula is C19H13NO3. The molecule has 112 valence electrons. The van der Waals surface area contributed by atoms with Crippen LogP contribution in [0, 0.1) is 0 Å². The number of hydrogen-bond acceptors (Lipinski definition) is 4. The summed E-state index contributed by atoms with van der Waals surface area (Å²) in [5.41, 5.74) is 0.926. The monoisotopic (exact) mass is 303 g/mol. The highest BCUT2D eigenvalue weighted by molar-refractivity contribution is 5.87. The predicted molar refractivity (Wildman–Crippen MR) is 89.8 cm³/mol. The minimum Gasteiger partial charge on any atom is -0.497 e. The topological polar surface area (TPSA) is 52.3 Å². The van der Waals surface area contributed by atoms with E-state index in [-0.39, 0.29) is 0 Å². The van der Waals surface area contributed by atoms with Crippen LogP contribution in [0.5, 0.6) is 5.75 Å². The second kappa shape index (κ2) is 5.25.